The largest absolute Gasteiger partial charge is 0.162 e. The van der Waals surface area contributed by atoms with Crippen LogP contribution in [0.4, 0.5) is 0 Å². The summed E-state index contributed by atoms with van der Waals surface area (Å²) in [4.78, 5) is 0. The van der Waals surface area contributed by atoms with Crippen molar-refractivity contribution in [3.63, 3.8) is 0 Å². The Morgan fingerprint density at radius 3 is 1.62 bits per heavy atom. The minimum absolute atomic E-state index is 1.28. The molecule has 21 heavy (non-hydrogen) atoms. The van der Waals surface area contributed by atoms with E-state index in [-0.39, 0.29) is 0 Å². The normalized spacial score (nSPS) is 11.1. The van der Waals surface area contributed by atoms with Crippen molar-refractivity contribution in [2.45, 2.75) is 110 Å². The average Bonchev–Trinajstić information content (AvgIpc) is 2.50. The fourth-order valence-corrected chi connectivity index (χ4v) is 3.57. The summed E-state index contributed by atoms with van der Waals surface area (Å²) in [5.41, 5.74) is 0. The van der Waals surface area contributed by atoms with Crippen molar-refractivity contribution in [2.75, 3.05) is 11.5 Å². The number of hydrogen-bond donors (Lipinski definition) is 0. The maximum absolute atomic E-state index is 2.51. The summed E-state index contributed by atoms with van der Waals surface area (Å²) in [7, 11) is 0. The predicted octanol–water partition coefficient (Wildman–Crippen LogP) is 7.82. The van der Waals surface area contributed by atoms with E-state index >= 15 is 0 Å². The van der Waals surface area contributed by atoms with Crippen molar-refractivity contribution in [1.29, 1.82) is 0 Å². The molecule has 0 aromatic rings. The van der Waals surface area contributed by atoms with Crippen LogP contribution in [0.3, 0.4) is 0 Å². The van der Waals surface area contributed by atoms with Crippen LogP contribution in [0, 0.1) is 6.42 Å². The molecule has 0 spiro atoms. The molecule has 0 unspecified atom stereocenters. The summed E-state index contributed by atoms with van der Waals surface area (Å²) in [5.74, 6) is 2.66. The van der Waals surface area contributed by atoms with E-state index in [1.807, 2.05) is 0 Å². The van der Waals surface area contributed by atoms with E-state index in [4.69, 9.17) is 0 Å². The summed E-state index contributed by atoms with van der Waals surface area (Å²) >= 11 is 2.14. The van der Waals surface area contributed by atoms with Gasteiger partial charge in [0.2, 0.25) is 0 Å². The van der Waals surface area contributed by atoms with Gasteiger partial charge in [-0.25, -0.2) is 0 Å². The average molecular weight is 314 g/mol. The second-order valence-electron chi connectivity index (χ2n) is 6.39. The zero-order valence-electron chi connectivity index (χ0n) is 15.0. The van der Waals surface area contributed by atoms with Crippen LogP contribution in [-0.2, 0) is 0 Å². The molecule has 0 atom stereocenters. The van der Waals surface area contributed by atoms with Gasteiger partial charge >= 0.3 is 0 Å². The molecule has 0 saturated heterocycles. The molecule has 0 heterocycles. The van der Waals surface area contributed by atoms with Crippen LogP contribution >= 0.6 is 11.8 Å². The molecule has 0 aliphatic carbocycles. The van der Waals surface area contributed by atoms with Crippen molar-refractivity contribution in [2.24, 2.45) is 0 Å². The molecule has 0 saturated carbocycles. The lowest BCUT2D eigenvalue weighted by Crippen LogP contribution is -1.87. The Bertz CT molecular complexity index is 149. The number of hydrogen-bond acceptors (Lipinski definition) is 1. The van der Waals surface area contributed by atoms with Gasteiger partial charge in [-0.3, -0.25) is 0 Å². The highest BCUT2D eigenvalue weighted by Crippen LogP contribution is 2.13. The summed E-state index contributed by atoms with van der Waals surface area (Å²) in [6.45, 7) is 4.58. The summed E-state index contributed by atoms with van der Waals surface area (Å²) < 4.78 is 0. The number of rotatable bonds is 18. The highest BCUT2D eigenvalue weighted by molar-refractivity contribution is 7.99. The monoisotopic (exact) mass is 313 g/mol. The zero-order valence-corrected chi connectivity index (χ0v) is 15.8. The maximum Gasteiger partial charge on any atom is -0.00362 e. The molecule has 0 bridgehead atoms. The first-order chi connectivity index (χ1) is 10.4. The Morgan fingerprint density at radius 1 is 0.571 bits per heavy atom. The molecule has 1 heteroatoms. The quantitative estimate of drug-likeness (QED) is 0.232. The van der Waals surface area contributed by atoms with Gasteiger partial charge < -0.3 is 0 Å². The molecule has 0 aromatic heterocycles. The van der Waals surface area contributed by atoms with Gasteiger partial charge in [0, 0.05) is 0 Å². The molecule has 0 amide bonds. The van der Waals surface area contributed by atoms with Gasteiger partial charge in [-0.05, 0) is 30.8 Å². The van der Waals surface area contributed by atoms with E-state index in [1.54, 1.807) is 0 Å². The molecule has 0 nitrogen and oxygen atoms in total. The van der Waals surface area contributed by atoms with Gasteiger partial charge in [-0.15, -0.1) is 0 Å². The maximum atomic E-state index is 2.51. The lowest BCUT2D eigenvalue weighted by atomic mass is 10.1. The fraction of sp³-hybridized carbons (Fsp3) is 0.950. The molecule has 0 rings (SSSR count). The number of unbranched alkanes of at least 4 members (excludes halogenated alkanes) is 14. The fourth-order valence-electron chi connectivity index (χ4n) is 2.66. The third-order valence-corrected chi connectivity index (χ3v) is 5.19. The van der Waals surface area contributed by atoms with Gasteiger partial charge in [0.05, 0.1) is 0 Å². The van der Waals surface area contributed by atoms with Gasteiger partial charge in [0.25, 0.3) is 0 Å². The molecule has 0 N–H and O–H groups in total. The second-order valence-corrected chi connectivity index (χ2v) is 7.54. The van der Waals surface area contributed by atoms with E-state index in [2.05, 4.69) is 32.0 Å². The second kappa shape index (κ2) is 20.3. The Balaban J connectivity index is 2.90. The topological polar surface area (TPSA) is 0 Å². The molecule has 0 aliphatic heterocycles. The van der Waals surface area contributed by atoms with Crippen molar-refractivity contribution in [3.05, 3.63) is 6.42 Å². The Hall–Kier alpha value is 0.350. The van der Waals surface area contributed by atoms with Gasteiger partial charge in [-0.2, -0.15) is 11.8 Å². The van der Waals surface area contributed by atoms with Crippen LogP contribution in [-0.4, -0.2) is 11.5 Å². The first-order valence-electron chi connectivity index (χ1n) is 9.81. The zero-order chi connectivity index (χ0) is 15.4. The molecule has 0 aromatic carbocycles. The smallest absolute Gasteiger partial charge is 0.00362 e. The minimum Gasteiger partial charge on any atom is -0.162 e. The number of thioether (sulfide) groups is 1. The molecule has 1 radical (unpaired) electrons. The Kier molecular flexibility index (Phi) is 20.7. The highest BCUT2D eigenvalue weighted by atomic mass is 32.2. The Morgan fingerprint density at radius 2 is 1.05 bits per heavy atom. The van der Waals surface area contributed by atoms with Crippen LogP contribution in [0.15, 0.2) is 0 Å². The lowest BCUT2D eigenvalue weighted by Gasteiger charge is -2.03. The van der Waals surface area contributed by atoms with Gasteiger partial charge in [0.1, 0.15) is 0 Å². The van der Waals surface area contributed by atoms with Crippen LogP contribution in [0.2, 0.25) is 0 Å². The van der Waals surface area contributed by atoms with Crippen LogP contribution in [0.25, 0.3) is 0 Å². The Labute approximate surface area is 140 Å². The standard InChI is InChI=1S/C20H41S/c1-3-5-7-9-11-13-15-17-19-21-20-18-16-14-12-10-8-6-4-2/h17H,3-16,18-20H2,1-2H3. The van der Waals surface area contributed by atoms with E-state index in [9.17, 15) is 0 Å². The summed E-state index contributed by atoms with van der Waals surface area (Å²) in [5, 5.41) is 0. The van der Waals surface area contributed by atoms with E-state index in [0.29, 0.717) is 0 Å². The summed E-state index contributed by atoms with van der Waals surface area (Å²) in [6.07, 6.45) is 24.0. The van der Waals surface area contributed by atoms with E-state index in [0.717, 1.165) is 0 Å². The first-order valence-corrected chi connectivity index (χ1v) is 11.0. The summed E-state index contributed by atoms with van der Waals surface area (Å²) in [6, 6.07) is 0. The third kappa shape index (κ3) is 20.4. The highest BCUT2D eigenvalue weighted by Gasteiger charge is 1.94. The first kappa shape index (κ1) is 21.4. The van der Waals surface area contributed by atoms with Crippen molar-refractivity contribution in [1.82, 2.24) is 0 Å². The molecular weight excluding hydrogens is 272 g/mol. The van der Waals surface area contributed by atoms with Crippen molar-refractivity contribution < 1.29 is 0 Å². The van der Waals surface area contributed by atoms with E-state index < -0.39 is 0 Å². The van der Waals surface area contributed by atoms with Crippen LogP contribution in [0.1, 0.15) is 110 Å². The van der Waals surface area contributed by atoms with Crippen molar-refractivity contribution >= 4 is 11.8 Å². The lowest BCUT2D eigenvalue weighted by molar-refractivity contribution is 0.586. The van der Waals surface area contributed by atoms with Gasteiger partial charge in [0.15, 0.2) is 0 Å². The van der Waals surface area contributed by atoms with Crippen LogP contribution < -0.4 is 0 Å². The van der Waals surface area contributed by atoms with Crippen molar-refractivity contribution in [3.8, 4) is 0 Å². The third-order valence-electron chi connectivity index (χ3n) is 4.14. The molecule has 0 aliphatic rings. The van der Waals surface area contributed by atoms with Gasteiger partial charge in [-0.1, -0.05) is 97.3 Å². The van der Waals surface area contributed by atoms with Crippen LogP contribution in [0.5, 0.6) is 0 Å². The predicted molar refractivity (Wildman–Crippen MR) is 102 cm³/mol. The van der Waals surface area contributed by atoms with E-state index in [1.165, 1.54) is 108 Å². The molecule has 127 valence electrons. The molecular formula is C20H41S. The molecule has 0 fully saturated rings. The minimum atomic E-state index is 1.28. The SMILES string of the molecule is CCCCCCCC[CH]CSCCCCCCCCCC.